The van der Waals surface area contributed by atoms with Crippen LogP contribution < -0.4 is 10.5 Å². The summed E-state index contributed by atoms with van der Waals surface area (Å²) in [6.45, 7) is 5.05. The minimum absolute atomic E-state index is 0.548. The van der Waals surface area contributed by atoms with Gasteiger partial charge in [-0.25, -0.2) is 0 Å². The van der Waals surface area contributed by atoms with E-state index in [9.17, 15) is 0 Å². The van der Waals surface area contributed by atoms with Crippen LogP contribution in [0.4, 0.5) is 5.69 Å². The highest BCUT2D eigenvalue weighted by molar-refractivity contribution is 5.94. The molecule has 0 aliphatic heterocycles. The molecule has 1 unspecified atom stereocenters. The number of hydrogen-bond acceptors (Lipinski definition) is 3. The van der Waals surface area contributed by atoms with Crippen molar-refractivity contribution >= 4 is 16.6 Å². The highest BCUT2D eigenvalue weighted by atomic mass is 16.5. The van der Waals surface area contributed by atoms with Gasteiger partial charge in [0.1, 0.15) is 11.3 Å². The van der Waals surface area contributed by atoms with Crippen LogP contribution >= 0.6 is 0 Å². The SMILES string of the molecule is CCC(C)COc1ccc(N)c2cccnc12. The molecule has 3 heteroatoms. The highest BCUT2D eigenvalue weighted by Gasteiger charge is 2.07. The summed E-state index contributed by atoms with van der Waals surface area (Å²) in [6, 6.07) is 7.62. The van der Waals surface area contributed by atoms with Gasteiger partial charge in [-0.05, 0) is 30.2 Å². The largest absolute Gasteiger partial charge is 0.491 e. The number of fused-ring (bicyclic) bond motifs is 1. The Morgan fingerprint density at radius 3 is 2.94 bits per heavy atom. The second-order valence-corrected chi connectivity index (χ2v) is 4.38. The smallest absolute Gasteiger partial charge is 0.145 e. The summed E-state index contributed by atoms with van der Waals surface area (Å²) in [5.74, 6) is 1.36. The van der Waals surface area contributed by atoms with Gasteiger partial charge in [-0.2, -0.15) is 0 Å². The van der Waals surface area contributed by atoms with Crippen LogP contribution in [-0.2, 0) is 0 Å². The van der Waals surface area contributed by atoms with E-state index in [1.165, 1.54) is 0 Å². The van der Waals surface area contributed by atoms with Gasteiger partial charge in [-0.15, -0.1) is 0 Å². The molecule has 90 valence electrons. The number of rotatable bonds is 4. The maximum atomic E-state index is 5.91. The fourth-order valence-corrected chi connectivity index (χ4v) is 1.64. The summed E-state index contributed by atoms with van der Waals surface area (Å²) in [6.07, 6.45) is 2.87. The second-order valence-electron chi connectivity index (χ2n) is 4.38. The lowest BCUT2D eigenvalue weighted by Gasteiger charge is -2.13. The summed E-state index contributed by atoms with van der Waals surface area (Å²) in [5, 5.41) is 0.953. The lowest BCUT2D eigenvalue weighted by molar-refractivity contribution is 0.259. The first-order chi connectivity index (χ1) is 8.22. The Kier molecular flexibility index (Phi) is 3.47. The van der Waals surface area contributed by atoms with E-state index < -0.39 is 0 Å². The van der Waals surface area contributed by atoms with Crippen LogP contribution in [0.2, 0.25) is 0 Å². The van der Waals surface area contributed by atoms with Crippen LogP contribution in [0.15, 0.2) is 30.5 Å². The summed E-state index contributed by atoms with van der Waals surface area (Å²) >= 11 is 0. The highest BCUT2D eigenvalue weighted by Crippen LogP contribution is 2.28. The molecule has 0 saturated carbocycles. The van der Waals surface area contributed by atoms with Crippen LogP contribution in [0.3, 0.4) is 0 Å². The molecule has 0 aliphatic carbocycles. The van der Waals surface area contributed by atoms with E-state index in [-0.39, 0.29) is 0 Å². The number of nitrogen functional groups attached to an aromatic ring is 1. The third-order valence-electron chi connectivity index (χ3n) is 2.99. The molecule has 0 spiro atoms. The van der Waals surface area contributed by atoms with E-state index in [2.05, 4.69) is 18.8 Å². The van der Waals surface area contributed by atoms with Crippen LogP contribution in [0, 0.1) is 5.92 Å². The zero-order valence-electron chi connectivity index (χ0n) is 10.3. The Balaban J connectivity index is 2.32. The van der Waals surface area contributed by atoms with Crippen molar-refractivity contribution < 1.29 is 4.74 Å². The van der Waals surface area contributed by atoms with Gasteiger partial charge in [0.2, 0.25) is 0 Å². The van der Waals surface area contributed by atoms with E-state index in [1.807, 2.05) is 24.3 Å². The number of hydrogen-bond donors (Lipinski definition) is 1. The first-order valence-electron chi connectivity index (χ1n) is 5.98. The average Bonchev–Trinajstić information content (AvgIpc) is 2.38. The Bertz CT molecular complexity index is 511. The predicted octanol–water partition coefficient (Wildman–Crippen LogP) is 3.24. The molecule has 1 aromatic heterocycles. The summed E-state index contributed by atoms with van der Waals surface area (Å²) in [7, 11) is 0. The molecule has 0 amide bonds. The van der Waals surface area contributed by atoms with E-state index in [0.29, 0.717) is 12.5 Å². The molecule has 1 aromatic carbocycles. The maximum absolute atomic E-state index is 5.91. The first-order valence-corrected chi connectivity index (χ1v) is 5.98. The molecular formula is C14H18N2O. The molecule has 0 fully saturated rings. The lowest BCUT2D eigenvalue weighted by Crippen LogP contribution is -2.07. The predicted molar refractivity (Wildman–Crippen MR) is 71.1 cm³/mol. The minimum Gasteiger partial charge on any atom is -0.491 e. The number of nitrogens with zero attached hydrogens (tertiary/aromatic N) is 1. The minimum atomic E-state index is 0.548. The molecule has 0 aliphatic rings. The average molecular weight is 230 g/mol. The van der Waals surface area contributed by atoms with Crippen molar-refractivity contribution in [1.82, 2.24) is 4.98 Å². The standard InChI is InChI=1S/C14H18N2O/c1-3-10(2)9-17-13-7-6-12(15)11-5-4-8-16-14(11)13/h4-8,10H,3,9,15H2,1-2H3. The summed E-state index contributed by atoms with van der Waals surface area (Å²) in [4.78, 5) is 4.34. The van der Waals surface area contributed by atoms with E-state index in [4.69, 9.17) is 10.5 Å². The Labute approximate surface area is 102 Å². The van der Waals surface area contributed by atoms with Gasteiger partial charge >= 0.3 is 0 Å². The van der Waals surface area contributed by atoms with Gasteiger partial charge in [-0.3, -0.25) is 4.98 Å². The quantitative estimate of drug-likeness (QED) is 0.820. The molecule has 2 aromatic rings. The van der Waals surface area contributed by atoms with Crippen molar-refractivity contribution in [1.29, 1.82) is 0 Å². The molecule has 2 N–H and O–H groups in total. The molecule has 0 bridgehead atoms. The van der Waals surface area contributed by atoms with Crippen LogP contribution in [0.25, 0.3) is 10.9 Å². The Hall–Kier alpha value is -1.77. The zero-order valence-corrected chi connectivity index (χ0v) is 10.3. The zero-order chi connectivity index (χ0) is 12.3. The van der Waals surface area contributed by atoms with Gasteiger partial charge < -0.3 is 10.5 Å². The summed E-state index contributed by atoms with van der Waals surface area (Å²) in [5.41, 5.74) is 7.49. The molecule has 3 nitrogen and oxygen atoms in total. The van der Waals surface area contributed by atoms with E-state index >= 15 is 0 Å². The van der Waals surface area contributed by atoms with Gasteiger partial charge in [-0.1, -0.05) is 20.3 Å². The van der Waals surface area contributed by atoms with E-state index in [0.717, 1.165) is 28.8 Å². The number of ether oxygens (including phenoxy) is 1. The topological polar surface area (TPSA) is 48.1 Å². The number of anilines is 1. The molecule has 1 atom stereocenters. The van der Waals surface area contributed by atoms with Crippen molar-refractivity contribution in [2.24, 2.45) is 5.92 Å². The first kappa shape index (κ1) is 11.7. The van der Waals surface area contributed by atoms with Crippen molar-refractivity contribution in [3.63, 3.8) is 0 Å². The summed E-state index contributed by atoms with van der Waals surface area (Å²) < 4.78 is 5.81. The van der Waals surface area contributed by atoms with Crippen LogP contribution in [-0.4, -0.2) is 11.6 Å². The molecule has 2 rings (SSSR count). The number of pyridine rings is 1. The fraction of sp³-hybridized carbons (Fsp3) is 0.357. The monoisotopic (exact) mass is 230 g/mol. The van der Waals surface area contributed by atoms with Crippen LogP contribution in [0.5, 0.6) is 5.75 Å². The number of aromatic nitrogens is 1. The third-order valence-corrected chi connectivity index (χ3v) is 2.99. The third kappa shape index (κ3) is 2.49. The van der Waals surface area contributed by atoms with Gasteiger partial charge in [0.15, 0.2) is 0 Å². The van der Waals surface area contributed by atoms with E-state index in [1.54, 1.807) is 6.20 Å². The number of nitrogens with two attached hydrogens (primary N) is 1. The van der Waals surface area contributed by atoms with Gasteiger partial charge in [0, 0.05) is 17.3 Å². The maximum Gasteiger partial charge on any atom is 0.145 e. The normalized spacial score (nSPS) is 12.6. The van der Waals surface area contributed by atoms with Crippen molar-refractivity contribution in [3.05, 3.63) is 30.5 Å². The molecule has 0 saturated heterocycles. The molecular weight excluding hydrogens is 212 g/mol. The number of benzene rings is 1. The second kappa shape index (κ2) is 5.04. The fourth-order valence-electron chi connectivity index (χ4n) is 1.64. The van der Waals surface area contributed by atoms with Crippen molar-refractivity contribution in [3.8, 4) is 5.75 Å². The van der Waals surface area contributed by atoms with Gasteiger partial charge in [0.05, 0.1) is 6.61 Å². The molecule has 17 heavy (non-hydrogen) atoms. The van der Waals surface area contributed by atoms with Gasteiger partial charge in [0.25, 0.3) is 0 Å². The molecule has 1 heterocycles. The van der Waals surface area contributed by atoms with Crippen LogP contribution in [0.1, 0.15) is 20.3 Å². The lowest BCUT2D eigenvalue weighted by atomic mass is 10.1. The van der Waals surface area contributed by atoms with Crippen molar-refractivity contribution in [2.75, 3.05) is 12.3 Å². The molecule has 0 radical (unpaired) electrons. The van der Waals surface area contributed by atoms with Crippen molar-refractivity contribution in [2.45, 2.75) is 20.3 Å². The Morgan fingerprint density at radius 1 is 1.35 bits per heavy atom. The Morgan fingerprint density at radius 2 is 2.18 bits per heavy atom.